The first-order valence-corrected chi connectivity index (χ1v) is 10.4. The topological polar surface area (TPSA) is 87.0 Å². The van der Waals surface area contributed by atoms with Gasteiger partial charge in [0.15, 0.2) is 10.9 Å². The first-order valence-electron chi connectivity index (χ1n) is 8.38. The van der Waals surface area contributed by atoms with Crippen LogP contribution in [0.4, 0.5) is 14.5 Å². The molecule has 2 N–H and O–H groups in total. The second kappa shape index (κ2) is 9.91. The van der Waals surface area contributed by atoms with Crippen molar-refractivity contribution >= 4 is 60.8 Å². The molecule has 1 heterocycles. The van der Waals surface area contributed by atoms with Gasteiger partial charge in [-0.1, -0.05) is 6.07 Å². The molecule has 0 saturated carbocycles. The smallest absolute Gasteiger partial charge is 0.263 e. The molecule has 1 aromatic heterocycles. The van der Waals surface area contributed by atoms with Gasteiger partial charge >= 0.3 is 0 Å². The number of amides is 1. The summed E-state index contributed by atoms with van der Waals surface area (Å²) in [5.74, 6) is -2.55. The maximum atomic E-state index is 13.7. The van der Waals surface area contributed by atoms with E-state index in [0.29, 0.717) is 20.4 Å². The molecular weight excluding hydrogens is 558 g/mol. The molecule has 0 fully saturated rings. The van der Waals surface area contributed by atoms with Gasteiger partial charge in [-0.25, -0.2) is 13.8 Å². The molecule has 0 unspecified atom stereocenters. The normalized spacial score (nSPS) is 10.2. The predicted octanol–water partition coefficient (Wildman–Crippen LogP) is 5.68. The van der Waals surface area contributed by atoms with Crippen molar-refractivity contribution in [2.45, 2.75) is 0 Å². The molecule has 0 spiro atoms. The summed E-state index contributed by atoms with van der Waals surface area (Å²) in [6, 6.07) is 11.5. The van der Waals surface area contributed by atoms with Crippen LogP contribution in [0.1, 0.15) is 15.9 Å². The van der Waals surface area contributed by atoms with E-state index >= 15 is 0 Å². The minimum Gasteiger partial charge on any atom is -0.435 e. The second-order valence-electron chi connectivity index (χ2n) is 5.84. The highest BCUT2D eigenvalue weighted by Gasteiger charge is 2.19. The van der Waals surface area contributed by atoms with Crippen molar-refractivity contribution in [3.05, 3.63) is 80.4 Å². The highest BCUT2D eigenvalue weighted by atomic mass is 79.9. The van der Waals surface area contributed by atoms with Crippen LogP contribution in [0.2, 0.25) is 0 Å². The molecule has 2 aromatic carbocycles. The van der Waals surface area contributed by atoms with Crippen LogP contribution in [0.25, 0.3) is 0 Å². The van der Waals surface area contributed by atoms with Gasteiger partial charge in [-0.05, 0) is 80.5 Å². The van der Waals surface area contributed by atoms with Gasteiger partial charge in [-0.3, -0.25) is 10.1 Å². The number of rotatable bonds is 4. The number of pyridine rings is 1. The summed E-state index contributed by atoms with van der Waals surface area (Å²) >= 11 is 11.8. The molecule has 1 amide bonds. The van der Waals surface area contributed by atoms with Crippen LogP contribution in [-0.4, -0.2) is 16.0 Å². The number of benzene rings is 2. The Hall–Kier alpha value is -2.94. The maximum Gasteiger partial charge on any atom is 0.263 e. The highest BCUT2D eigenvalue weighted by Crippen LogP contribution is 2.39. The van der Waals surface area contributed by atoms with Crippen molar-refractivity contribution in [3.8, 4) is 17.7 Å². The first-order chi connectivity index (χ1) is 14.8. The lowest BCUT2D eigenvalue weighted by Crippen LogP contribution is -2.35. The molecular formula is C20H10Br2F2N4O2S. The average molecular weight is 568 g/mol. The molecule has 0 aliphatic heterocycles. The van der Waals surface area contributed by atoms with Crippen molar-refractivity contribution in [1.29, 1.82) is 5.26 Å². The molecule has 3 aromatic rings. The SMILES string of the molecule is N#Cc1cccnc1Oc1c(Br)cc(NC(=S)NC(=O)c2c(F)cccc2F)cc1Br. The van der Waals surface area contributed by atoms with Gasteiger partial charge in [0, 0.05) is 11.9 Å². The fourth-order valence-corrected chi connectivity index (χ4v) is 3.99. The number of hydrogen-bond donors (Lipinski definition) is 2. The number of ether oxygens (including phenoxy) is 1. The summed E-state index contributed by atoms with van der Waals surface area (Å²) < 4.78 is 34.2. The van der Waals surface area contributed by atoms with E-state index in [1.165, 1.54) is 6.20 Å². The Bertz CT molecular complexity index is 1190. The van der Waals surface area contributed by atoms with Gasteiger partial charge in [0.2, 0.25) is 5.88 Å². The number of carbonyl (C=O) groups excluding carboxylic acids is 1. The van der Waals surface area contributed by atoms with Crippen LogP contribution >= 0.6 is 44.1 Å². The van der Waals surface area contributed by atoms with Gasteiger partial charge in [-0.2, -0.15) is 5.26 Å². The van der Waals surface area contributed by atoms with Crippen LogP contribution in [0.15, 0.2) is 57.6 Å². The molecule has 156 valence electrons. The van der Waals surface area contributed by atoms with Crippen LogP contribution < -0.4 is 15.4 Å². The van der Waals surface area contributed by atoms with E-state index in [-0.39, 0.29) is 16.6 Å². The Kier molecular flexibility index (Phi) is 7.27. The third-order valence-corrected chi connectivity index (χ3v) is 5.15. The molecule has 0 bridgehead atoms. The quantitative estimate of drug-likeness (QED) is 0.395. The summed E-state index contributed by atoms with van der Waals surface area (Å²) in [5.41, 5.74) is -0.0406. The second-order valence-corrected chi connectivity index (χ2v) is 7.96. The number of aromatic nitrogens is 1. The van der Waals surface area contributed by atoms with Gasteiger partial charge in [0.25, 0.3) is 5.91 Å². The van der Waals surface area contributed by atoms with E-state index < -0.39 is 23.1 Å². The molecule has 0 atom stereocenters. The molecule has 3 rings (SSSR count). The molecule has 0 aliphatic carbocycles. The van der Waals surface area contributed by atoms with E-state index in [1.807, 2.05) is 6.07 Å². The van der Waals surface area contributed by atoms with Crippen molar-refractivity contribution in [2.75, 3.05) is 5.32 Å². The number of nitriles is 1. The number of anilines is 1. The van der Waals surface area contributed by atoms with Crippen LogP contribution in [-0.2, 0) is 0 Å². The van der Waals surface area contributed by atoms with Crippen molar-refractivity contribution < 1.29 is 18.3 Å². The maximum absolute atomic E-state index is 13.7. The Morgan fingerprint density at radius 2 is 1.77 bits per heavy atom. The van der Waals surface area contributed by atoms with Gasteiger partial charge in [0.1, 0.15) is 28.8 Å². The fourth-order valence-electron chi connectivity index (χ4n) is 2.43. The number of carbonyl (C=O) groups is 1. The van der Waals surface area contributed by atoms with E-state index in [2.05, 4.69) is 47.5 Å². The Labute approximate surface area is 197 Å². The highest BCUT2D eigenvalue weighted by molar-refractivity contribution is 9.11. The van der Waals surface area contributed by atoms with Crippen LogP contribution in [0.3, 0.4) is 0 Å². The number of nitrogens with one attached hydrogen (secondary N) is 2. The van der Waals surface area contributed by atoms with E-state index in [1.54, 1.807) is 24.3 Å². The summed E-state index contributed by atoms with van der Waals surface area (Å²) in [5, 5.41) is 14.0. The minimum absolute atomic E-state index is 0.127. The lowest BCUT2D eigenvalue weighted by molar-refractivity contribution is 0.0969. The summed E-state index contributed by atoms with van der Waals surface area (Å²) in [6.45, 7) is 0. The average Bonchev–Trinajstić information content (AvgIpc) is 2.70. The lowest BCUT2D eigenvalue weighted by atomic mass is 10.2. The van der Waals surface area contributed by atoms with Crippen LogP contribution in [0, 0.1) is 23.0 Å². The van der Waals surface area contributed by atoms with E-state index in [0.717, 1.165) is 18.2 Å². The van der Waals surface area contributed by atoms with Crippen molar-refractivity contribution in [1.82, 2.24) is 10.3 Å². The Morgan fingerprint density at radius 1 is 1.13 bits per heavy atom. The zero-order valence-corrected chi connectivity index (χ0v) is 19.2. The lowest BCUT2D eigenvalue weighted by Gasteiger charge is -2.14. The minimum atomic E-state index is -1.02. The monoisotopic (exact) mass is 566 g/mol. The van der Waals surface area contributed by atoms with E-state index in [9.17, 15) is 13.6 Å². The molecule has 31 heavy (non-hydrogen) atoms. The van der Waals surface area contributed by atoms with Gasteiger partial charge in [-0.15, -0.1) is 0 Å². The molecule has 0 saturated heterocycles. The third kappa shape index (κ3) is 5.41. The number of halogens is 4. The van der Waals surface area contributed by atoms with E-state index in [4.69, 9.17) is 22.2 Å². The number of thiocarbonyl (C=S) groups is 1. The molecule has 0 radical (unpaired) electrons. The Morgan fingerprint density at radius 3 is 2.39 bits per heavy atom. The standard InChI is InChI=1S/C20H10Br2F2N4O2S/c21-12-7-11(8-13(22)17(12)30-19-10(9-25)3-2-6-26-19)27-20(31)28-18(29)16-14(23)4-1-5-15(16)24/h1-8H,(H2,27,28,29,31). The van der Waals surface area contributed by atoms with Gasteiger partial charge in [0.05, 0.1) is 8.95 Å². The number of nitrogens with zero attached hydrogens (tertiary/aromatic N) is 2. The Balaban J connectivity index is 1.75. The summed E-state index contributed by atoms with van der Waals surface area (Å²) in [6.07, 6.45) is 1.49. The van der Waals surface area contributed by atoms with Gasteiger partial charge < -0.3 is 10.1 Å². The van der Waals surface area contributed by atoms with Crippen molar-refractivity contribution in [3.63, 3.8) is 0 Å². The summed E-state index contributed by atoms with van der Waals surface area (Å²) in [4.78, 5) is 16.2. The third-order valence-electron chi connectivity index (χ3n) is 3.76. The molecule has 11 heteroatoms. The predicted molar refractivity (Wildman–Crippen MR) is 121 cm³/mol. The first kappa shape index (κ1) is 22.7. The zero-order chi connectivity index (χ0) is 22.5. The largest absolute Gasteiger partial charge is 0.435 e. The molecule has 0 aliphatic rings. The summed E-state index contributed by atoms with van der Waals surface area (Å²) in [7, 11) is 0. The zero-order valence-electron chi connectivity index (χ0n) is 15.2. The van der Waals surface area contributed by atoms with Crippen molar-refractivity contribution in [2.24, 2.45) is 0 Å². The molecule has 6 nitrogen and oxygen atoms in total. The van der Waals surface area contributed by atoms with Crippen LogP contribution in [0.5, 0.6) is 11.6 Å². The fraction of sp³-hybridized carbons (Fsp3) is 0. The number of hydrogen-bond acceptors (Lipinski definition) is 5.